The second-order valence-electron chi connectivity index (χ2n) is 5.14. The van der Waals surface area contributed by atoms with Crippen LogP contribution in [0.15, 0.2) is 33.6 Å². The maximum atomic E-state index is 12.6. The van der Waals surface area contributed by atoms with Gasteiger partial charge in [-0.3, -0.25) is 4.79 Å². The van der Waals surface area contributed by atoms with Crippen molar-refractivity contribution in [2.45, 2.75) is 17.9 Å². The van der Waals surface area contributed by atoms with Crippen LogP contribution in [0, 0.1) is 0 Å². The SMILES string of the molecule is C[C@@H](C(N)=O)[NH+]1CCN(S(=O)(=O)c2cccc(Br)c2)CC1. The minimum absolute atomic E-state index is 0.281. The molecule has 0 spiro atoms. The van der Waals surface area contributed by atoms with Gasteiger partial charge in [-0.25, -0.2) is 8.42 Å². The lowest BCUT2D eigenvalue weighted by Crippen LogP contribution is -3.19. The van der Waals surface area contributed by atoms with Crippen molar-refractivity contribution < 1.29 is 18.1 Å². The van der Waals surface area contributed by atoms with Crippen LogP contribution in [0.4, 0.5) is 0 Å². The number of rotatable bonds is 4. The van der Waals surface area contributed by atoms with E-state index in [9.17, 15) is 13.2 Å². The van der Waals surface area contributed by atoms with Crippen LogP contribution < -0.4 is 10.6 Å². The second-order valence-corrected chi connectivity index (χ2v) is 8.00. The molecule has 6 nitrogen and oxygen atoms in total. The van der Waals surface area contributed by atoms with E-state index >= 15 is 0 Å². The van der Waals surface area contributed by atoms with Crippen molar-refractivity contribution >= 4 is 31.9 Å². The summed E-state index contributed by atoms with van der Waals surface area (Å²) in [7, 11) is -3.48. The molecule has 116 valence electrons. The average Bonchev–Trinajstić information content (AvgIpc) is 2.46. The quantitative estimate of drug-likeness (QED) is 0.722. The predicted octanol–water partition coefficient (Wildman–Crippen LogP) is -0.788. The first-order valence-electron chi connectivity index (χ1n) is 6.72. The fourth-order valence-electron chi connectivity index (χ4n) is 2.42. The topological polar surface area (TPSA) is 84.9 Å². The number of sulfonamides is 1. The van der Waals surface area contributed by atoms with Crippen LogP contribution >= 0.6 is 15.9 Å². The van der Waals surface area contributed by atoms with Crippen LogP contribution in [0.3, 0.4) is 0 Å². The molecule has 0 saturated carbocycles. The zero-order chi connectivity index (χ0) is 15.6. The highest BCUT2D eigenvalue weighted by molar-refractivity contribution is 9.10. The van der Waals surface area contributed by atoms with Crippen LogP contribution in [0.2, 0.25) is 0 Å². The molecule has 1 heterocycles. The van der Waals surface area contributed by atoms with Crippen molar-refractivity contribution in [3.05, 3.63) is 28.7 Å². The Morgan fingerprint density at radius 2 is 2.00 bits per heavy atom. The number of carbonyl (C=O) groups is 1. The van der Waals surface area contributed by atoms with E-state index in [1.54, 1.807) is 31.2 Å². The number of halogens is 1. The lowest BCUT2D eigenvalue weighted by molar-refractivity contribution is -0.917. The number of nitrogens with two attached hydrogens (primary N) is 1. The van der Waals surface area contributed by atoms with Gasteiger partial charge < -0.3 is 10.6 Å². The normalized spacial score (nSPS) is 19.3. The van der Waals surface area contributed by atoms with E-state index in [0.29, 0.717) is 26.2 Å². The Labute approximate surface area is 133 Å². The van der Waals surface area contributed by atoms with Crippen LogP contribution in [-0.4, -0.2) is 50.9 Å². The number of piperazine rings is 1. The number of primary amides is 1. The molecule has 0 aliphatic carbocycles. The molecule has 8 heteroatoms. The monoisotopic (exact) mass is 376 g/mol. The van der Waals surface area contributed by atoms with E-state index in [2.05, 4.69) is 15.9 Å². The molecule has 0 aromatic heterocycles. The molecule has 1 amide bonds. The summed E-state index contributed by atoms with van der Waals surface area (Å²) in [4.78, 5) is 12.5. The van der Waals surface area contributed by atoms with Gasteiger partial charge in [0.05, 0.1) is 31.1 Å². The molecule has 1 aromatic carbocycles. The van der Waals surface area contributed by atoms with E-state index in [1.165, 1.54) is 4.31 Å². The average molecular weight is 377 g/mol. The molecule has 0 bridgehead atoms. The van der Waals surface area contributed by atoms with Gasteiger partial charge in [0.25, 0.3) is 5.91 Å². The number of hydrogen-bond donors (Lipinski definition) is 2. The van der Waals surface area contributed by atoms with Gasteiger partial charge in [-0.15, -0.1) is 0 Å². The third-order valence-electron chi connectivity index (χ3n) is 3.84. The molecular weight excluding hydrogens is 358 g/mol. The van der Waals surface area contributed by atoms with Crippen LogP contribution in [0.5, 0.6) is 0 Å². The molecule has 1 aromatic rings. The number of amides is 1. The minimum atomic E-state index is -3.48. The Morgan fingerprint density at radius 1 is 1.38 bits per heavy atom. The summed E-state index contributed by atoms with van der Waals surface area (Å²) in [6, 6.07) is 6.38. The molecule has 0 unspecified atom stereocenters. The molecule has 2 rings (SSSR count). The lowest BCUT2D eigenvalue weighted by atomic mass is 10.2. The smallest absolute Gasteiger partial charge is 0.275 e. The summed E-state index contributed by atoms with van der Waals surface area (Å²) in [5, 5.41) is 0. The summed E-state index contributed by atoms with van der Waals surface area (Å²) in [6.45, 7) is 3.72. The zero-order valence-electron chi connectivity index (χ0n) is 11.8. The van der Waals surface area contributed by atoms with Crippen molar-refractivity contribution in [2.24, 2.45) is 5.73 Å². The van der Waals surface area contributed by atoms with Gasteiger partial charge in [-0.2, -0.15) is 4.31 Å². The van der Waals surface area contributed by atoms with E-state index in [-0.39, 0.29) is 16.8 Å². The van der Waals surface area contributed by atoms with Gasteiger partial charge in [0, 0.05) is 4.47 Å². The fourth-order valence-corrected chi connectivity index (χ4v) is 4.46. The van der Waals surface area contributed by atoms with Gasteiger partial charge in [-0.1, -0.05) is 22.0 Å². The number of carbonyl (C=O) groups excluding carboxylic acids is 1. The van der Waals surface area contributed by atoms with Crippen LogP contribution in [0.25, 0.3) is 0 Å². The first-order valence-corrected chi connectivity index (χ1v) is 8.95. The Hall–Kier alpha value is -0.960. The van der Waals surface area contributed by atoms with Crippen LogP contribution in [0.1, 0.15) is 6.92 Å². The predicted molar refractivity (Wildman–Crippen MR) is 82.3 cm³/mol. The number of benzene rings is 1. The standard InChI is InChI=1S/C13H18BrN3O3S/c1-10(13(15)18)16-5-7-17(8-6-16)21(19,20)12-4-2-3-11(14)9-12/h2-4,9-10H,5-8H2,1H3,(H2,15,18)/p+1/t10-/m0/s1. The molecule has 1 atom stereocenters. The molecule has 1 fully saturated rings. The Balaban J connectivity index is 2.09. The van der Waals surface area contributed by atoms with Gasteiger partial charge in [0.2, 0.25) is 10.0 Å². The second kappa shape index (κ2) is 6.43. The van der Waals surface area contributed by atoms with Crippen molar-refractivity contribution in [1.29, 1.82) is 0 Å². The highest BCUT2D eigenvalue weighted by Gasteiger charge is 2.33. The van der Waals surface area contributed by atoms with E-state index in [1.807, 2.05) is 0 Å². The molecule has 21 heavy (non-hydrogen) atoms. The summed E-state index contributed by atoms with van der Waals surface area (Å²) in [5.74, 6) is -0.353. The first-order chi connectivity index (χ1) is 9.82. The lowest BCUT2D eigenvalue weighted by Gasteiger charge is -2.33. The van der Waals surface area contributed by atoms with E-state index in [0.717, 1.165) is 9.37 Å². The molecule has 0 radical (unpaired) electrons. The summed E-state index contributed by atoms with van der Waals surface area (Å²) < 4.78 is 27.3. The van der Waals surface area contributed by atoms with Gasteiger partial charge in [0.15, 0.2) is 6.04 Å². The molecule has 3 N–H and O–H groups in total. The van der Waals surface area contributed by atoms with Crippen molar-refractivity contribution in [1.82, 2.24) is 4.31 Å². The third-order valence-corrected chi connectivity index (χ3v) is 6.23. The Kier molecular flexibility index (Phi) is 5.03. The van der Waals surface area contributed by atoms with Crippen molar-refractivity contribution in [3.8, 4) is 0 Å². The zero-order valence-corrected chi connectivity index (χ0v) is 14.2. The van der Waals surface area contributed by atoms with E-state index in [4.69, 9.17) is 5.73 Å². The Morgan fingerprint density at radius 3 is 2.52 bits per heavy atom. The summed E-state index contributed by atoms with van der Waals surface area (Å²) >= 11 is 3.28. The highest BCUT2D eigenvalue weighted by Crippen LogP contribution is 2.19. The van der Waals surface area contributed by atoms with Crippen molar-refractivity contribution in [2.75, 3.05) is 26.2 Å². The fraction of sp³-hybridized carbons (Fsp3) is 0.462. The van der Waals surface area contributed by atoms with Crippen LogP contribution in [-0.2, 0) is 14.8 Å². The highest BCUT2D eigenvalue weighted by atomic mass is 79.9. The van der Waals surface area contributed by atoms with Crippen molar-refractivity contribution in [3.63, 3.8) is 0 Å². The largest absolute Gasteiger partial charge is 0.365 e. The third kappa shape index (κ3) is 3.63. The van der Waals surface area contributed by atoms with E-state index < -0.39 is 10.0 Å². The molecular formula is C13H19BrN3O3S+. The Bertz CT molecular complexity index is 627. The van der Waals surface area contributed by atoms with Gasteiger partial charge in [-0.05, 0) is 25.1 Å². The number of quaternary nitrogens is 1. The molecule has 1 aliphatic heterocycles. The minimum Gasteiger partial charge on any atom is -0.365 e. The maximum absolute atomic E-state index is 12.6. The molecule has 1 aliphatic rings. The number of hydrogen-bond acceptors (Lipinski definition) is 3. The molecule has 1 saturated heterocycles. The number of nitrogens with zero attached hydrogens (tertiary/aromatic N) is 1. The maximum Gasteiger partial charge on any atom is 0.275 e. The summed E-state index contributed by atoms with van der Waals surface area (Å²) in [6.07, 6.45) is 0. The van der Waals surface area contributed by atoms with Gasteiger partial charge >= 0.3 is 0 Å². The number of nitrogens with one attached hydrogen (secondary N) is 1. The summed E-state index contributed by atoms with van der Waals surface area (Å²) in [5.41, 5.74) is 5.30. The van der Waals surface area contributed by atoms with Gasteiger partial charge in [0.1, 0.15) is 0 Å². The first kappa shape index (κ1) is 16.4.